The van der Waals surface area contributed by atoms with Crippen LogP contribution in [0.4, 0.5) is 17.6 Å². The van der Waals surface area contributed by atoms with Crippen LogP contribution in [0.15, 0.2) is 35.5 Å². The number of likely N-dealkylation sites (N-methyl/N-ethyl adjacent to an activating group) is 1. The first-order valence-electron chi connectivity index (χ1n) is 9.12. The van der Waals surface area contributed by atoms with Gasteiger partial charge in [0.05, 0.1) is 11.3 Å². The first-order chi connectivity index (χ1) is 14.5. The molecule has 1 heterocycles. The summed E-state index contributed by atoms with van der Waals surface area (Å²) in [6.45, 7) is 1.79. The highest BCUT2D eigenvalue weighted by Gasteiger charge is 2.32. The molecule has 1 unspecified atom stereocenters. The topological polar surface area (TPSA) is 78.6 Å². The van der Waals surface area contributed by atoms with Gasteiger partial charge in [-0.2, -0.15) is 8.78 Å². The predicted molar refractivity (Wildman–Crippen MR) is 108 cm³/mol. The summed E-state index contributed by atoms with van der Waals surface area (Å²) >= 11 is 0. The lowest BCUT2D eigenvalue weighted by Gasteiger charge is -2.37. The molecule has 0 saturated heterocycles. The minimum Gasteiger partial charge on any atom is -0.419 e. The lowest BCUT2D eigenvalue weighted by molar-refractivity contribution is 0.111. The average molecular weight is 438 g/mol. The summed E-state index contributed by atoms with van der Waals surface area (Å²) in [7, 11) is 4.79. The molecule has 0 amide bonds. The number of ether oxygens (including phenoxy) is 1. The van der Waals surface area contributed by atoms with Gasteiger partial charge in [-0.15, -0.1) is 0 Å². The second-order valence-corrected chi connectivity index (χ2v) is 7.15. The van der Waals surface area contributed by atoms with Crippen molar-refractivity contribution < 1.29 is 27.1 Å². The maximum atomic E-state index is 13.8. The molecule has 166 valence electrons. The minimum atomic E-state index is -3.12. The maximum Gasteiger partial charge on any atom is 0.312 e. The number of nitrogens with one attached hydrogen (secondary N) is 1. The fourth-order valence-corrected chi connectivity index (χ4v) is 2.93. The van der Waals surface area contributed by atoms with Gasteiger partial charge in [0.2, 0.25) is 5.90 Å². The number of pyridine rings is 1. The predicted octanol–water partition coefficient (Wildman–Crippen LogP) is 3.83. The highest BCUT2D eigenvalue weighted by atomic mass is 19.3. The normalized spacial score (nSPS) is 13.9. The van der Waals surface area contributed by atoms with Crippen molar-refractivity contribution in [2.45, 2.75) is 25.3 Å². The molecule has 0 spiro atoms. The van der Waals surface area contributed by atoms with Gasteiger partial charge in [0.15, 0.2) is 17.9 Å². The third-order valence-electron chi connectivity index (χ3n) is 5.03. The minimum absolute atomic E-state index is 0.137. The maximum absolute atomic E-state index is 13.8. The Morgan fingerprint density at radius 1 is 1.29 bits per heavy atom. The van der Waals surface area contributed by atoms with E-state index in [9.17, 15) is 22.4 Å². The highest BCUT2D eigenvalue weighted by Crippen LogP contribution is 2.31. The molecule has 1 N–H and O–H groups in total. The quantitative estimate of drug-likeness (QED) is 0.309. The summed E-state index contributed by atoms with van der Waals surface area (Å²) in [5, 5.41) is 7.15. The number of aliphatic imine (C=N–C) groups is 1. The average Bonchev–Trinajstić information content (AvgIpc) is 2.73. The highest BCUT2D eigenvalue weighted by molar-refractivity contribution is 6.02. The van der Waals surface area contributed by atoms with Gasteiger partial charge >= 0.3 is 6.43 Å². The van der Waals surface area contributed by atoms with Crippen LogP contribution < -0.4 is 0 Å². The van der Waals surface area contributed by atoms with Crippen LogP contribution in [0.5, 0.6) is 0 Å². The van der Waals surface area contributed by atoms with E-state index < -0.39 is 29.5 Å². The number of halogens is 4. The SMILES string of the molecule is C/N=C(\OC(=N)C(F)F)c1cnc(CC(C)(c2ccc(F)c(F)c2)N(C)C)c(C=O)c1. The Hall–Kier alpha value is -3.14. The van der Waals surface area contributed by atoms with E-state index >= 15 is 0 Å². The van der Waals surface area contributed by atoms with Crippen molar-refractivity contribution in [3.63, 3.8) is 0 Å². The van der Waals surface area contributed by atoms with Crippen molar-refractivity contribution >= 4 is 18.1 Å². The number of carbonyl (C=O) groups is 1. The molecule has 1 atom stereocenters. The fourth-order valence-electron chi connectivity index (χ4n) is 2.93. The van der Waals surface area contributed by atoms with Crippen LogP contribution in [-0.2, 0) is 16.7 Å². The molecule has 6 nitrogen and oxygen atoms in total. The molecular formula is C21H22F4N4O2. The molecule has 0 radical (unpaired) electrons. The van der Waals surface area contributed by atoms with E-state index in [1.54, 1.807) is 25.9 Å². The molecule has 0 saturated carbocycles. The summed E-state index contributed by atoms with van der Waals surface area (Å²) in [6.07, 6.45) is -1.14. The Bertz CT molecular complexity index is 1010. The molecule has 31 heavy (non-hydrogen) atoms. The lowest BCUT2D eigenvalue weighted by Crippen LogP contribution is -2.41. The molecule has 0 aliphatic heterocycles. The lowest BCUT2D eigenvalue weighted by atomic mass is 9.84. The monoisotopic (exact) mass is 438 g/mol. The number of hydrogen-bond donors (Lipinski definition) is 1. The Morgan fingerprint density at radius 2 is 1.97 bits per heavy atom. The zero-order chi connectivity index (χ0) is 23.3. The van der Waals surface area contributed by atoms with Gasteiger partial charge in [-0.05, 0) is 44.8 Å². The van der Waals surface area contributed by atoms with E-state index in [2.05, 4.69) is 9.98 Å². The van der Waals surface area contributed by atoms with E-state index in [1.807, 2.05) is 0 Å². The second kappa shape index (κ2) is 9.78. The van der Waals surface area contributed by atoms with Crippen LogP contribution in [0.3, 0.4) is 0 Å². The Balaban J connectivity index is 2.44. The molecule has 1 aromatic heterocycles. The third kappa shape index (κ3) is 5.32. The molecule has 10 heteroatoms. The summed E-state index contributed by atoms with van der Waals surface area (Å²) in [5.74, 6) is -3.53. The number of rotatable bonds is 7. The van der Waals surface area contributed by atoms with E-state index in [4.69, 9.17) is 10.1 Å². The zero-order valence-corrected chi connectivity index (χ0v) is 17.4. The number of carbonyl (C=O) groups excluding carboxylic acids is 1. The summed E-state index contributed by atoms with van der Waals surface area (Å²) in [4.78, 5) is 21.5. The van der Waals surface area contributed by atoms with Gasteiger partial charge in [0.25, 0.3) is 5.90 Å². The summed E-state index contributed by atoms with van der Waals surface area (Å²) < 4.78 is 57.2. The zero-order valence-electron chi connectivity index (χ0n) is 17.4. The number of alkyl halides is 2. The molecule has 1 aromatic carbocycles. The van der Waals surface area contributed by atoms with Crippen LogP contribution >= 0.6 is 0 Å². The second-order valence-electron chi connectivity index (χ2n) is 7.15. The first kappa shape index (κ1) is 24.1. The van der Waals surface area contributed by atoms with Gasteiger partial charge in [-0.25, -0.2) is 8.78 Å². The Labute approximate surface area is 177 Å². The smallest absolute Gasteiger partial charge is 0.312 e. The standard InChI is InChI=1S/C21H22F4N4O2/c1-21(29(3)4,14-5-6-15(22)16(23)8-14)9-17-13(11-30)7-12(10-28-17)20(27-2)31-19(26)18(24)25/h5-8,10-11,18,26H,9H2,1-4H3/b26-19?,27-20-. The molecule has 0 aliphatic rings. The van der Waals surface area contributed by atoms with Crippen LogP contribution in [0.2, 0.25) is 0 Å². The molecule has 2 rings (SSSR count). The van der Waals surface area contributed by atoms with Crippen molar-refractivity contribution in [1.82, 2.24) is 9.88 Å². The van der Waals surface area contributed by atoms with Gasteiger partial charge in [-0.1, -0.05) is 6.07 Å². The van der Waals surface area contributed by atoms with Gasteiger partial charge in [0, 0.05) is 30.8 Å². The van der Waals surface area contributed by atoms with Crippen molar-refractivity contribution in [3.8, 4) is 0 Å². The molecule has 2 aromatic rings. The largest absolute Gasteiger partial charge is 0.419 e. The van der Waals surface area contributed by atoms with Crippen LogP contribution in [0.25, 0.3) is 0 Å². The van der Waals surface area contributed by atoms with Crippen LogP contribution in [0, 0.1) is 17.0 Å². The molecule has 0 fully saturated rings. The summed E-state index contributed by atoms with van der Waals surface area (Å²) in [5.41, 5.74) is 0.249. The van der Waals surface area contributed by atoms with Crippen molar-refractivity contribution in [1.29, 1.82) is 5.41 Å². The number of nitrogens with zero attached hydrogens (tertiary/aromatic N) is 3. The van der Waals surface area contributed by atoms with Crippen molar-refractivity contribution in [3.05, 3.63) is 64.5 Å². The van der Waals surface area contributed by atoms with Gasteiger partial charge in [0.1, 0.15) is 0 Å². The van der Waals surface area contributed by atoms with Gasteiger partial charge < -0.3 is 4.74 Å². The third-order valence-corrected chi connectivity index (χ3v) is 5.03. The number of hydrogen-bond acceptors (Lipinski definition) is 6. The first-order valence-corrected chi connectivity index (χ1v) is 9.12. The summed E-state index contributed by atoms with van der Waals surface area (Å²) in [6, 6.07) is 4.94. The van der Waals surface area contributed by atoms with E-state index in [-0.39, 0.29) is 23.4 Å². The number of benzene rings is 1. The number of aldehydes is 1. The van der Waals surface area contributed by atoms with E-state index in [1.165, 1.54) is 25.4 Å². The van der Waals surface area contributed by atoms with Crippen molar-refractivity contribution in [2.24, 2.45) is 4.99 Å². The van der Waals surface area contributed by atoms with E-state index in [0.717, 1.165) is 12.1 Å². The Morgan fingerprint density at radius 3 is 2.48 bits per heavy atom. The molecule has 0 bridgehead atoms. The van der Waals surface area contributed by atoms with E-state index in [0.29, 0.717) is 17.5 Å². The van der Waals surface area contributed by atoms with Gasteiger partial charge in [-0.3, -0.25) is 25.1 Å². The molecule has 0 aliphatic carbocycles. The van der Waals surface area contributed by atoms with Crippen LogP contribution in [-0.4, -0.2) is 55.5 Å². The fraction of sp³-hybridized carbons (Fsp3) is 0.333. The molecular weight excluding hydrogens is 416 g/mol. The Kier molecular flexibility index (Phi) is 7.61. The number of aromatic nitrogens is 1. The van der Waals surface area contributed by atoms with Crippen molar-refractivity contribution in [2.75, 3.05) is 21.1 Å². The van der Waals surface area contributed by atoms with Crippen LogP contribution in [0.1, 0.15) is 34.1 Å².